The highest BCUT2D eigenvalue weighted by Crippen LogP contribution is 2.68. The number of nitrogens with zero attached hydrogens (tertiary/aromatic N) is 3. The van der Waals surface area contributed by atoms with Crippen molar-refractivity contribution >= 4 is 56.9 Å². The van der Waals surface area contributed by atoms with E-state index in [0.29, 0.717) is 18.5 Å². The fourth-order valence-electron chi connectivity index (χ4n) is 7.32. The Morgan fingerprint density at radius 3 is 2.41 bits per heavy atom. The lowest BCUT2D eigenvalue weighted by molar-refractivity contribution is -0.154. The molecule has 10 heteroatoms. The molecular weight excluding hydrogens is 642 g/mol. The Morgan fingerprint density at radius 2 is 1.84 bits per heavy atom. The fourth-order valence-corrected chi connectivity index (χ4v) is 10.9. The SMILES string of the molecule is C=CCCCOC(=O)[C@H]1[C@H]2C(=O)N([C@@H](CO)[C@@H](C)CC)C(C(=O)N(CC=C)c3ccc(N(CC)CC)cc3)C23CC(Br)[C@@H]1S3. The Bertz CT molecular complexity index is 1210. The fraction of sp³-hybridized carbons (Fsp3) is 0.618. The zero-order valence-electron chi connectivity index (χ0n) is 26.5. The number of carbonyl (C=O) groups excluding carboxylic acids is 3. The molecule has 44 heavy (non-hydrogen) atoms. The van der Waals surface area contributed by atoms with Crippen LogP contribution < -0.4 is 9.80 Å². The molecule has 1 spiro atoms. The maximum absolute atomic E-state index is 14.9. The molecule has 0 saturated carbocycles. The summed E-state index contributed by atoms with van der Waals surface area (Å²) in [4.78, 5) is 48.7. The molecule has 4 rings (SSSR count). The third kappa shape index (κ3) is 6.10. The number of rotatable bonds is 16. The molecule has 1 aromatic rings. The van der Waals surface area contributed by atoms with Crippen molar-refractivity contribution in [3.8, 4) is 0 Å². The highest BCUT2D eigenvalue weighted by molar-refractivity contribution is 9.09. The van der Waals surface area contributed by atoms with Crippen LogP contribution in [0.25, 0.3) is 0 Å². The van der Waals surface area contributed by atoms with Crippen LogP contribution >= 0.6 is 27.7 Å². The number of thioether (sulfide) groups is 1. The number of anilines is 2. The Hall–Kier alpha value is -2.30. The zero-order chi connectivity index (χ0) is 32.2. The van der Waals surface area contributed by atoms with Gasteiger partial charge in [0.15, 0.2) is 0 Å². The summed E-state index contributed by atoms with van der Waals surface area (Å²) in [5.41, 5.74) is 1.79. The monoisotopic (exact) mass is 689 g/mol. The number of fused-ring (bicyclic) bond motifs is 1. The molecule has 0 aliphatic carbocycles. The average Bonchev–Trinajstić information content (AvgIpc) is 3.62. The molecule has 242 valence electrons. The second-order valence-corrected chi connectivity index (χ2v) is 14.8. The Kier molecular flexibility index (Phi) is 11.7. The van der Waals surface area contributed by atoms with E-state index in [2.05, 4.69) is 47.8 Å². The smallest absolute Gasteiger partial charge is 0.310 e. The summed E-state index contributed by atoms with van der Waals surface area (Å²) in [5, 5.41) is 10.5. The number of unbranched alkanes of at least 4 members (excludes halogenated alkanes) is 1. The van der Waals surface area contributed by atoms with Crippen molar-refractivity contribution in [3.05, 3.63) is 49.6 Å². The number of esters is 1. The molecule has 0 radical (unpaired) electrons. The summed E-state index contributed by atoms with van der Waals surface area (Å²) < 4.78 is 4.89. The molecule has 3 fully saturated rings. The van der Waals surface area contributed by atoms with Gasteiger partial charge in [-0.2, -0.15) is 0 Å². The van der Waals surface area contributed by atoms with Gasteiger partial charge in [0.1, 0.15) is 6.04 Å². The van der Waals surface area contributed by atoms with E-state index < -0.39 is 28.7 Å². The first-order valence-corrected chi connectivity index (χ1v) is 17.7. The van der Waals surface area contributed by atoms with Crippen molar-refractivity contribution in [3.63, 3.8) is 0 Å². The first kappa shape index (κ1) is 34.6. The summed E-state index contributed by atoms with van der Waals surface area (Å²) in [5.74, 6) is -2.27. The minimum absolute atomic E-state index is 0.0537. The Balaban J connectivity index is 1.78. The highest BCUT2D eigenvalue weighted by Gasteiger charge is 2.77. The lowest BCUT2D eigenvalue weighted by atomic mass is 9.71. The van der Waals surface area contributed by atoms with Gasteiger partial charge in [-0.05, 0) is 63.3 Å². The summed E-state index contributed by atoms with van der Waals surface area (Å²) in [6.45, 7) is 17.9. The van der Waals surface area contributed by atoms with E-state index in [1.807, 2.05) is 38.1 Å². The van der Waals surface area contributed by atoms with Crippen LogP contribution in [0.1, 0.15) is 53.4 Å². The lowest BCUT2D eigenvalue weighted by Gasteiger charge is -2.41. The van der Waals surface area contributed by atoms with Gasteiger partial charge in [0.2, 0.25) is 5.91 Å². The van der Waals surface area contributed by atoms with Crippen molar-refractivity contribution in [2.24, 2.45) is 17.8 Å². The molecule has 8 atom stereocenters. The number of benzene rings is 1. The third-order valence-corrected chi connectivity index (χ3v) is 13.0. The molecule has 1 aromatic carbocycles. The number of amides is 2. The van der Waals surface area contributed by atoms with Crippen LogP contribution in [0.2, 0.25) is 0 Å². The number of aliphatic hydroxyl groups excluding tert-OH is 1. The average molecular weight is 691 g/mol. The van der Waals surface area contributed by atoms with E-state index in [4.69, 9.17) is 4.74 Å². The van der Waals surface area contributed by atoms with Gasteiger partial charge in [0, 0.05) is 41.1 Å². The maximum atomic E-state index is 14.9. The van der Waals surface area contributed by atoms with E-state index in [1.165, 1.54) is 0 Å². The number of hydrogen-bond donors (Lipinski definition) is 1. The van der Waals surface area contributed by atoms with Crippen LogP contribution in [0, 0.1) is 17.8 Å². The topological polar surface area (TPSA) is 90.4 Å². The molecule has 3 heterocycles. The summed E-state index contributed by atoms with van der Waals surface area (Å²) in [6, 6.07) is 6.50. The van der Waals surface area contributed by atoms with Crippen molar-refractivity contribution in [2.75, 3.05) is 42.6 Å². The van der Waals surface area contributed by atoms with E-state index >= 15 is 0 Å². The van der Waals surface area contributed by atoms with Crippen LogP contribution in [0.4, 0.5) is 11.4 Å². The van der Waals surface area contributed by atoms with Gasteiger partial charge >= 0.3 is 5.97 Å². The molecule has 3 aliphatic heterocycles. The van der Waals surface area contributed by atoms with Gasteiger partial charge in [0.25, 0.3) is 5.91 Å². The minimum atomic E-state index is -0.859. The van der Waals surface area contributed by atoms with Crippen molar-refractivity contribution < 1.29 is 24.2 Å². The molecule has 0 aromatic heterocycles. The third-order valence-electron chi connectivity index (χ3n) is 9.74. The second-order valence-electron chi connectivity index (χ2n) is 12.1. The van der Waals surface area contributed by atoms with Crippen molar-refractivity contribution in [2.45, 2.75) is 80.3 Å². The largest absolute Gasteiger partial charge is 0.465 e. The lowest BCUT2D eigenvalue weighted by Crippen LogP contribution is -2.59. The number of allylic oxidation sites excluding steroid dienone is 1. The number of carbonyl (C=O) groups is 3. The van der Waals surface area contributed by atoms with E-state index in [9.17, 15) is 19.5 Å². The van der Waals surface area contributed by atoms with Gasteiger partial charge in [-0.15, -0.1) is 24.9 Å². The Labute approximate surface area is 275 Å². The first-order valence-electron chi connectivity index (χ1n) is 15.9. The molecular formula is C34H48BrN3O5S. The van der Waals surface area contributed by atoms with Gasteiger partial charge in [0.05, 0.1) is 35.8 Å². The number of aliphatic hydroxyl groups is 1. The zero-order valence-corrected chi connectivity index (χ0v) is 28.9. The molecule has 3 unspecified atom stereocenters. The predicted octanol–water partition coefficient (Wildman–Crippen LogP) is 5.43. The van der Waals surface area contributed by atoms with E-state index in [0.717, 1.165) is 31.6 Å². The summed E-state index contributed by atoms with van der Waals surface area (Å²) in [6.07, 6.45) is 6.17. The van der Waals surface area contributed by atoms with Gasteiger partial charge < -0.3 is 24.5 Å². The second kappa shape index (κ2) is 14.9. The van der Waals surface area contributed by atoms with Crippen LogP contribution in [-0.4, -0.2) is 87.5 Å². The van der Waals surface area contributed by atoms with Crippen LogP contribution in [0.15, 0.2) is 49.6 Å². The van der Waals surface area contributed by atoms with Crippen LogP contribution in [0.5, 0.6) is 0 Å². The van der Waals surface area contributed by atoms with Gasteiger partial charge in [-0.3, -0.25) is 14.4 Å². The van der Waals surface area contributed by atoms with Gasteiger partial charge in [-0.1, -0.05) is 48.4 Å². The minimum Gasteiger partial charge on any atom is -0.465 e. The highest BCUT2D eigenvalue weighted by atomic mass is 79.9. The van der Waals surface area contributed by atoms with Crippen LogP contribution in [-0.2, 0) is 19.1 Å². The van der Waals surface area contributed by atoms with Crippen molar-refractivity contribution in [1.82, 2.24) is 4.90 Å². The van der Waals surface area contributed by atoms with E-state index in [-0.39, 0.29) is 53.5 Å². The number of halogens is 1. The van der Waals surface area contributed by atoms with Crippen molar-refractivity contribution in [1.29, 1.82) is 0 Å². The predicted molar refractivity (Wildman–Crippen MR) is 182 cm³/mol. The van der Waals surface area contributed by atoms with Crippen LogP contribution in [0.3, 0.4) is 0 Å². The van der Waals surface area contributed by atoms with E-state index in [1.54, 1.807) is 33.7 Å². The molecule has 3 aliphatic rings. The Morgan fingerprint density at radius 1 is 1.18 bits per heavy atom. The number of likely N-dealkylation sites (tertiary alicyclic amines) is 1. The molecule has 1 N–H and O–H groups in total. The first-order chi connectivity index (χ1) is 21.1. The number of ether oxygens (including phenoxy) is 1. The quantitative estimate of drug-likeness (QED) is 0.107. The standard InChI is InChI=1S/C34H48BrN3O5S/c1-7-12-13-19-43-33(42)27-28-31(40)38(26(21-39)22(6)9-3)30(34(28)20-25(35)29(27)44-34)32(41)37(18-8-2)24-16-14-23(15-17-24)36(10-4)11-5/h7-8,14-17,22,25-30,39H,1-2,9-13,18-21H2,3-6H3/t22-,25?,26-,27-,28-,29-,30?,34?/m0/s1. The summed E-state index contributed by atoms with van der Waals surface area (Å²) in [7, 11) is 0. The molecule has 2 amide bonds. The molecule has 3 saturated heterocycles. The number of alkyl halides is 1. The molecule has 2 bridgehead atoms. The number of hydrogen-bond acceptors (Lipinski definition) is 7. The summed E-state index contributed by atoms with van der Waals surface area (Å²) >= 11 is 5.41. The normalized spacial score (nSPS) is 28.4. The molecule has 8 nitrogen and oxygen atoms in total. The van der Waals surface area contributed by atoms with Gasteiger partial charge in [-0.25, -0.2) is 0 Å². The maximum Gasteiger partial charge on any atom is 0.310 e.